The monoisotopic (exact) mass is 686 g/mol. The third-order valence-electron chi connectivity index (χ3n) is 7.29. The van der Waals surface area contributed by atoms with Crippen molar-refractivity contribution in [3.8, 4) is 11.8 Å². The van der Waals surface area contributed by atoms with Gasteiger partial charge < -0.3 is 25.6 Å². The summed E-state index contributed by atoms with van der Waals surface area (Å²) in [6.07, 6.45) is 0. The van der Waals surface area contributed by atoms with Crippen molar-refractivity contribution in [2.45, 2.75) is 32.6 Å². The number of hydrogen-bond acceptors (Lipinski definition) is 14. The average Bonchev–Trinajstić information content (AvgIpc) is 3.07. The molecule has 5 rings (SSSR count). The standard InChI is InChI=1S/C33H34N8O7S/c1-6-41(7-2)48-49(45,46)23-17-21-16-20(4)28(40-39-25-11-9-8-10-24(25)30(43)44)29(42)27(21)26(18-23)35-32-36-31(37-33(38-32)47-5)34-22-14-12-19(3)13-15-22/h8-18,42H,6-7H2,1-5H3,(H,43,44)(H2,34,35,36,37,38). The van der Waals surface area contributed by atoms with Crippen LogP contribution in [0.25, 0.3) is 10.8 Å². The molecule has 0 aliphatic rings. The van der Waals surface area contributed by atoms with Gasteiger partial charge in [-0.05, 0) is 67.3 Å². The van der Waals surface area contributed by atoms with E-state index in [2.05, 4.69) is 35.8 Å². The van der Waals surface area contributed by atoms with E-state index < -0.39 is 16.1 Å². The second kappa shape index (κ2) is 14.6. The lowest BCUT2D eigenvalue weighted by atomic mass is 10.0. The number of methoxy groups -OCH3 is 1. The van der Waals surface area contributed by atoms with Gasteiger partial charge in [-0.15, -0.1) is 10.2 Å². The highest BCUT2D eigenvalue weighted by molar-refractivity contribution is 7.86. The lowest BCUT2D eigenvalue weighted by molar-refractivity contribution is -0.0413. The summed E-state index contributed by atoms with van der Waals surface area (Å²) in [6, 6.07) is 17.8. The van der Waals surface area contributed by atoms with Crippen molar-refractivity contribution >= 4 is 61.5 Å². The zero-order valence-electron chi connectivity index (χ0n) is 27.3. The number of hydroxylamine groups is 2. The number of aromatic carboxylic acids is 1. The van der Waals surface area contributed by atoms with Crippen LogP contribution in [0.5, 0.6) is 11.8 Å². The predicted octanol–water partition coefficient (Wildman–Crippen LogP) is 6.92. The molecule has 15 nitrogen and oxygen atoms in total. The molecule has 49 heavy (non-hydrogen) atoms. The molecule has 0 aliphatic heterocycles. The lowest BCUT2D eigenvalue weighted by Crippen LogP contribution is -2.27. The SMILES string of the molecule is CCN(CC)OS(=O)(=O)c1cc(Nc2nc(Nc3ccc(C)cc3)nc(OC)n2)c2c(O)c(N=Nc3ccccc3C(=O)O)c(C)cc2c1. The quantitative estimate of drug-likeness (QED) is 0.0735. The summed E-state index contributed by atoms with van der Waals surface area (Å²) in [5.74, 6) is -1.46. The molecule has 0 atom stereocenters. The Kier molecular flexibility index (Phi) is 10.3. The topological polar surface area (TPSA) is 201 Å². The summed E-state index contributed by atoms with van der Waals surface area (Å²) in [4.78, 5) is 24.5. The van der Waals surface area contributed by atoms with Crippen molar-refractivity contribution in [3.63, 3.8) is 0 Å². The summed E-state index contributed by atoms with van der Waals surface area (Å²) in [7, 11) is -2.95. The van der Waals surface area contributed by atoms with Crippen molar-refractivity contribution in [2.75, 3.05) is 30.8 Å². The summed E-state index contributed by atoms with van der Waals surface area (Å²) in [6.45, 7) is 7.76. The highest BCUT2D eigenvalue weighted by Crippen LogP contribution is 2.44. The van der Waals surface area contributed by atoms with E-state index in [0.29, 0.717) is 29.7 Å². The van der Waals surface area contributed by atoms with E-state index in [0.717, 1.165) is 5.56 Å². The van der Waals surface area contributed by atoms with Crippen LogP contribution >= 0.6 is 0 Å². The number of ether oxygens (including phenoxy) is 1. The molecule has 16 heteroatoms. The van der Waals surface area contributed by atoms with Crippen LogP contribution in [0.1, 0.15) is 35.3 Å². The number of rotatable bonds is 13. The molecule has 0 saturated carbocycles. The first-order chi connectivity index (χ1) is 23.4. The van der Waals surface area contributed by atoms with Gasteiger partial charge in [0, 0.05) is 24.2 Å². The third kappa shape index (κ3) is 7.89. The first kappa shape index (κ1) is 34.6. The Morgan fingerprint density at radius 1 is 0.918 bits per heavy atom. The van der Waals surface area contributed by atoms with Gasteiger partial charge in [0.25, 0.3) is 0 Å². The largest absolute Gasteiger partial charge is 0.505 e. The maximum absolute atomic E-state index is 13.5. The van der Waals surface area contributed by atoms with Gasteiger partial charge in [0.15, 0.2) is 5.75 Å². The molecule has 254 valence electrons. The molecule has 0 fully saturated rings. The highest BCUT2D eigenvalue weighted by atomic mass is 32.2. The molecule has 4 aromatic carbocycles. The third-order valence-corrected chi connectivity index (χ3v) is 8.51. The molecule has 1 aromatic heterocycles. The van der Waals surface area contributed by atoms with Crippen LogP contribution < -0.4 is 15.4 Å². The number of phenols is 1. The molecule has 1 heterocycles. The number of fused-ring (bicyclic) bond motifs is 1. The molecule has 0 bridgehead atoms. The number of hydrogen-bond donors (Lipinski definition) is 4. The minimum Gasteiger partial charge on any atom is -0.505 e. The second-order valence-electron chi connectivity index (χ2n) is 10.7. The van der Waals surface area contributed by atoms with E-state index in [1.807, 2.05) is 31.2 Å². The molecule has 0 aliphatic carbocycles. The maximum Gasteiger partial charge on any atom is 0.337 e. The highest BCUT2D eigenvalue weighted by Gasteiger charge is 2.24. The van der Waals surface area contributed by atoms with Crippen molar-refractivity contribution in [3.05, 3.63) is 83.4 Å². The molecule has 0 amide bonds. The minimum absolute atomic E-state index is 0.0284. The van der Waals surface area contributed by atoms with Crippen LogP contribution in [0.4, 0.5) is 34.6 Å². The molecule has 4 N–H and O–H groups in total. The van der Waals surface area contributed by atoms with Crippen molar-refractivity contribution in [1.82, 2.24) is 20.0 Å². The van der Waals surface area contributed by atoms with Gasteiger partial charge in [-0.3, -0.25) is 0 Å². The van der Waals surface area contributed by atoms with Gasteiger partial charge in [0.1, 0.15) is 11.4 Å². The molecule has 0 saturated heterocycles. The normalized spacial score (nSPS) is 11.7. The van der Waals surface area contributed by atoms with Gasteiger partial charge in [0.05, 0.1) is 23.3 Å². The van der Waals surface area contributed by atoms with E-state index in [-0.39, 0.29) is 56.6 Å². The summed E-state index contributed by atoms with van der Waals surface area (Å²) < 4.78 is 37.6. The van der Waals surface area contributed by atoms with E-state index >= 15 is 0 Å². The number of aromatic nitrogens is 3. The molecule has 0 radical (unpaired) electrons. The van der Waals surface area contributed by atoms with Gasteiger partial charge in [0.2, 0.25) is 11.9 Å². The van der Waals surface area contributed by atoms with Crippen molar-refractivity contribution in [1.29, 1.82) is 0 Å². The number of benzene rings is 4. The molecular formula is C33H34N8O7S. The van der Waals surface area contributed by atoms with Gasteiger partial charge in [-0.2, -0.15) is 32.7 Å². The first-order valence-electron chi connectivity index (χ1n) is 15.1. The summed E-state index contributed by atoms with van der Waals surface area (Å²) in [5, 5.41) is 37.4. The van der Waals surface area contributed by atoms with Crippen molar-refractivity contribution < 1.29 is 32.4 Å². The molecule has 0 spiro atoms. The van der Waals surface area contributed by atoms with Crippen molar-refractivity contribution in [2.24, 2.45) is 10.2 Å². The van der Waals surface area contributed by atoms with Crippen LogP contribution in [0.2, 0.25) is 0 Å². The molecular weight excluding hydrogens is 652 g/mol. The smallest absolute Gasteiger partial charge is 0.337 e. The predicted molar refractivity (Wildman–Crippen MR) is 183 cm³/mol. The Hall–Kier alpha value is -5.71. The lowest BCUT2D eigenvalue weighted by Gasteiger charge is -2.19. The van der Waals surface area contributed by atoms with E-state index in [1.165, 1.54) is 36.4 Å². The molecule has 5 aromatic rings. The number of anilines is 4. The number of phenolic OH excluding ortho intramolecular Hbond substituents is 1. The van der Waals surface area contributed by atoms with Crippen LogP contribution in [0, 0.1) is 13.8 Å². The Morgan fingerprint density at radius 3 is 2.24 bits per heavy atom. The zero-order valence-corrected chi connectivity index (χ0v) is 28.1. The van der Waals surface area contributed by atoms with Gasteiger partial charge in [-0.1, -0.05) is 43.7 Å². The Morgan fingerprint density at radius 2 is 1.59 bits per heavy atom. The Bertz CT molecular complexity index is 2160. The minimum atomic E-state index is -4.33. The summed E-state index contributed by atoms with van der Waals surface area (Å²) in [5.41, 5.74) is 2.30. The van der Waals surface area contributed by atoms with Gasteiger partial charge in [-0.25, -0.2) is 4.79 Å². The van der Waals surface area contributed by atoms with Crippen LogP contribution in [-0.2, 0) is 14.4 Å². The zero-order chi connectivity index (χ0) is 35.3. The number of carboxylic acids is 1. The Labute approximate surface area is 282 Å². The van der Waals surface area contributed by atoms with Crippen LogP contribution in [-0.4, -0.2) is 64.8 Å². The Balaban J connectivity index is 1.67. The number of carboxylic acid groups (broad SMARTS) is 1. The van der Waals surface area contributed by atoms with Gasteiger partial charge >= 0.3 is 22.1 Å². The number of azo groups is 1. The fourth-order valence-electron chi connectivity index (χ4n) is 4.79. The number of nitrogens with zero attached hydrogens (tertiary/aromatic N) is 6. The fourth-order valence-corrected chi connectivity index (χ4v) is 5.90. The average molecular weight is 687 g/mol. The first-order valence-corrected chi connectivity index (χ1v) is 16.5. The number of aromatic hydroxyl groups is 1. The van der Waals surface area contributed by atoms with E-state index in [9.17, 15) is 23.4 Å². The van der Waals surface area contributed by atoms with E-state index in [1.54, 1.807) is 39.0 Å². The number of nitrogens with one attached hydrogen (secondary N) is 2. The fraction of sp³-hybridized carbons (Fsp3) is 0.212. The number of carbonyl (C=O) groups is 1. The number of aryl methyl sites for hydroxylation is 2. The second-order valence-corrected chi connectivity index (χ2v) is 12.2. The summed E-state index contributed by atoms with van der Waals surface area (Å²) >= 11 is 0. The maximum atomic E-state index is 13.5. The van der Waals surface area contributed by atoms with E-state index in [4.69, 9.17) is 9.02 Å². The van der Waals surface area contributed by atoms with Crippen LogP contribution in [0.3, 0.4) is 0 Å². The van der Waals surface area contributed by atoms with Crippen LogP contribution in [0.15, 0.2) is 81.9 Å². The molecule has 0 unspecified atom stereocenters.